The Morgan fingerprint density at radius 2 is 1.90 bits per heavy atom. The summed E-state index contributed by atoms with van der Waals surface area (Å²) >= 11 is 0. The number of anilines is 1. The molecule has 0 atom stereocenters. The van der Waals surface area contributed by atoms with E-state index in [1.165, 1.54) is 7.05 Å². The summed E-state index contributed by atoms with van der Waals surface area (Å²) in [6.07, 6.45) is 0. The van der Waals surface area contributed by atoms with E-state index in [0.29, 0.717) is 0 Å². The Balaban J connectivity index is 2.24. The van der Waals surface area contributed by atoms with Crippen molar-refractivity contribution in [3.63, 3.8) is 0 Å². The van der Waals surface area contributed by atoms with Gasteiger partial charge < -0.3 is 9.73 Å². The molecule has 1 aromatic heterocycles. The number of sulfonamides is 1. The number of hydrogen-bond donors (Lipinski definition) is 2. The summed E-state index contributed by atoms with van der Waals surface area (Å²) in [4.78, 5) is 11.8. The first-order valence-corrected chi connectivity index (χ1v) is 7.11. The molecule has 0 bridgehead atoms. The molecule has 9 heteroatoms. The molecule has 0 radical (unpaired) electrons. The third-order valence-corrected chi connectivity index (χ3v) is 3.80. The molecule has 0 unspecified atom stereocenters. The van der Waals surface area contributed by atoms with E-state index in [4.69, 9.17) is 4.42 Å². The summed E-state index contributed by atoms with van der Waals surface area (Å²) in [6, 6.07) is 4.72. The van der Waals surface area contributed by atoms with Crippen LogP contribution in [0.3, 0.4) is 0 Å². The van der Waals surface area contributed by atoms with E-state index in [1.54, 1.807) is 0 Å². The van der Waals surface area contributed by atoms with Crippen molar-refractivity contribution in [1.29, 1.82) is 0 Å². The summed E-state index contributed by atoms with van der Waals surface area (Å²) in [7, 11) is -2.65. The Bertz CT molecular complexity index is 786. The number of furan rings is 1. The highest BCUT2D eigenvalue weighted by molar-refractivity contribution is 7.89. The lowest BCUT2D eigenvalue weighted by Gasteiger charge is -2.04. The minimum Gasteiger partial charge on any atom is -0.438 e. The Hall–Kier alpha value is -2.26. The first-order chi connectivity index (χ1) is 9.83. The van der Waals surface area contributed by atoms with Gasteiger partial charge in [0.2, 0.25) is 5.09 Å². The molecule has 2 aromatic rings. The lowest BCUT2D eigenvalue weighted by atomic mass is 10.3. The molecule has 0 aliphatic rings. The quantitative estimate of drug-likeness (QED) is 0.899. The second-order valence-electron chi connectivity index (χ2n) is 3.90. The van der Waals surface area contributed by atoms with Crippen LogP contribution in [0.25, 0.3) is 0 Å². The van der Waals surface area contributed by atoms with Gasteiger partial charge in [0.25, 0.3) is 15.9 Å². The monoisotopic (exact) mass is 316 g/mol. The van der Waals surface area contributed by atoms with E-state index in [1.807, 2.05) is 4.72 Å². The fourth-order valence-corrected chi connectivity index (χ4v) is 2.11. The van der Waals surface area contributed by atoms with Crippen molar-refractivity contribution in [2.24, 2.45) is 0 Å². The topological polar surface area (TPSA) is 88.4 Å². The van der Waals surface area contributed by atoms with Crippen molar-refractivity contribution in [3.05, 3.63) is 47.7 Å². The van der Waals surface area contributed by atoms with Crippen molar-refractivity contribution in [2.75, 3.05) is 12.4 Å². The Kier molecular flexibility index (Phi) is 4.05. The molecule has 1 aromatic carbocycles. The fraction of sp³-hybridized carbons (Fsp3) is 0.0833. The van der Waals surface area contributed by atoms with Gasteiger partial charge >= 0.3 is 0 Å². The summed E-state index contributed by atoms with van der Waals surface area (Å²) in [5.41, 5.74) is -0.380. The van der Waals surface area contributed by atoms with Crippen LogP contribution in [0.15, 0.2) is 39.8 Å². The van der Waals surface area contributed by atoms with E-state index < -0.39 is 32.7 Å². The Morgan fingerprint density at radius 1 is 1.19 bits per heavy atom. The maximum Gasteiger partial charge on any atom is 0.291 e. The molecule has 21 heavy (non-hydrogen) atoms. The van der Waals surface area contributed by atoms with Gasteiger partial charge in [0.1, 0.15) is 11.6 Å². The zero-order valence-electron chi connectivity index (χ0n) is 10.7. The number of carbonyl (C=O) groups is 1. The molecule has 112 valence electrons. The summed E-state index contributed by atoms with van der Waals surface area (Å²) in [5, 5.41) is 1.62. The number of amides is 1. The van der Waals surface area contributed by atoms with Crippen LogP contribution in [0.4, 0.5) is 14.5 Å². The van der Waals surface area contributed by atoms with Crippen LogP contribution in [0, 0.1) is 11.6 Å². The number of hydrogen-bond acceptors (Lipinski definition) is 4. The minimum atomic E-state index is -3.83. The molecule has 0 saturated heterocycles. The van der Waals surface area contributed by atoms with Gasteiger partial charge in [-0.1, -0.05) is 0 Å². The largest absolute Gasteiger partial charge is 0.438 e. The average molecular weight is 316 g/mol. The minimum absolute atomic E-state index is 0.354. The zero-order valence-corrected chi connectivity index (χ0v) is 11.5. The average Bonchev–Trinajstić information content (AvgIpc) is 2.93. The second kappa shape index (κ2) is 5.62. The van der Waals surface area contributed by atoms with Crippen molar-refractivity contribution in [2.45, 2.75) is 5.09 Å². The molecule has 2 rings (SSSR count). The van der Waals surface area contributed by atoms with Crippen LogP contribution in [0.5, 0.6) is 0 Å². The van der Waals surface area contributed by atoms with E-state index in [0.717, 1.165) is 30.3 Å². The number of halogens is 2. The van der Waals surface area contributed by atoms with Gasteiger partial charge in [0, 0.05) is 6.07 Å². The van der Waals surface area contributed by atoms with Crippen molar-refractivity contribution in [1.82, 2.24) is 4.72 Å². The highest BCUT2D eigenvalue weighted by atomic mass is 32.2. The standard InChI is InChI=1S/C12H10F2N2O4S/c1-15-21(18,19)11-5-4-10(20-11)12(17)16-9-6-7(13)2-3-8(9)14/h2-6,15H,1H3,(H,16,17). The normalized spacial score (nSPS) is 11.4. The van der Waals surface area contributed by atoms with E-state index in [9.17, 15) is 22.0 Å². The highest BCUT2D eigenvalue weighted by Crippen LogP contribution is 2.18. The first kappa shape index (κ1) is 15.1. The molecule has 6 nitrogen and oxygen atoms in total. The summed E-state index contributed by atoms with van der Waals surface area (Å²) < 4.78 is 56.1. The van der Waals surface area contributed by atoms with E-state index >= 15 is 0 Å². The predicted molar refractivity (Wildman–Crippen MR) is 69.3 cm³/mol. The SMILES string of the molecule is CNS(=O)(=O)c1ccc(C(=O)Nc2cc(F)ccc2F)o1. The van der Waals surface area contributed by atoms with Gasteiger partial charge in [-0.2, -0.15) is 0 Å². The van der Waals surface area contributed by atoms with Crippen LogP contribution in [0.2, 0.25) is 0 Å². The molecule has 1 amide bonds. The molecule has 2 N–H and O–H groups in total. The third-order valence-electron chi connectivity index (χ3n) is 2.52. The van der Waals surface area contributed by atoms with Gasteiger partial charge in [0.05, 0.1) is 5.69 Å². The number of benzene rings is 1. The predicted octanol–water partition coefficient (Wildman–Crippen LogP) is 1.72. The lowest BCUT2D eigenvalue weighted by Crippen LogP contribution is -2.18. The lowest BCUT2D eigenvalue weighted by molar-refractivity contribution is 0.0991. The van der Waals surface area contributed by atoms with Gasteiger partial charge in [-0.3, -0.25) is 4.79 Å². The van der Waals surface area contributed by atoms with Crippen molar-refractivity contribution < 1.29 is 26.4 Å². The maximum absolute atomic E-state index is 13.4. The van der Waals surface area contributed by atoms with Gasteiger partial charge in [-0.15, -0.1) is 0 Å². The smallest absolute Gasteiger partial charge is 0.291 e. The first-order valence-electron chi connectivity index (χ1n) is 5.63. The number of rotatable bonds is 4. The van der Waals surface area contributed by atoms with Gasteiger partial charge in [-0.05, 0) is 31.3 Å². The van der Waals surface area contributed by atoms with E-state index in [2.05, 4.69) is 5.32 Å². The third kappa shape index (κ3) is 3.26. The van der Waals surface area contributed by atoms with Gasteiger partial charge in [0.15, 0.2) is 5.76 Å². The highest BCUT2D eigenvalue weighted by Gasteiger charge is 2.20. The van der Waals surface area contributed by atoms with Crippen LogP contribution >= 0.6 is 0 Å². The summed E-state index contributed by atoms with van der Waals surface area (Å²) in [5.74, 6) is -2.83. The second-order valence-corrected chi connectivity index (χ2v) is 5.72. The van der Waals surface area contributed by atoms with Crippen molar-refractivity contribution in [3.8, 4) is 0 Å². The Labute approximate surface area is 118 Å². The molecule has 0 aliphatic heterocycles. The Morgan fingerprint density at radius 3 is 2.57 bits per heavy atom. The summed E-state index contributed by atoms with van der Waals surface area (Å²) in [6.45, 7) is 0. The molecule has 0 spiro atoms. The number of carbonyl (C=O) groups excluding carboxylic acids is 1. The molecular formula is C12H10F2N2O4S. The van der Waals surface area contributed by atoms with Crippen LogP contribution in [-0.4, -0.2) is 21.4 Å². The van der Waals surface area contributed by atoms with Crippen LogP contribution in [-0.2, 0) is 10.0 Å². The van der Waals surface area contributed by atoms with Crippen molar-refractivity contribution >= 4 is 21.6 Å². The molecule has 1 heterocycles. The van der Waals surface area contributed by atoms with Crippen LogP contribution in [0.1, 0.15) is 10.6 Å². The van der Waals surface area contributed by atoms with Crippen LogP contribution < -0.4 is 10.0 Å². The molecular weight excluding hydrogens is 306 g/mol. The maximum atomic E-state index is 13.4. The van der Waals surface area contributed by atoms with E-state index in [-0.39, 0.29) is 11.4 Å². The molecule has 0 saturated carbocycles. The fourth-order valence-electron chi connectivity index (χ4n) is 1.46. The number of nitrogens with one attached hydrogen (secondary N) is 2. The molecule has 0 aliphatic carbocycles. The molecule has 0 fully saturated rings. The zero-order chi connectivity index (χ0) is 15.6. The van der Waals surface area contributed by atoms with Gasteiger partial charge in [-0.25, -0.2) is 21.9 Å².